The highest BCUT2D eigenvalue weighted by molar-refractivity contribution is 7.25. The fourth-order valence-corrected chi connectivity index (χ4v) is 8.99. The summed E-state index contributed by atoms with van der Waals surface area (Å²) in [6, 6.07) is 77.1. The molecule has 0 unspecified atom stereocenters. The Labute approximate surface area is 319 Å². The average molecular weight is 706 g/mol. The number of hydrogen-bond donors (Lipinski definition) is 0. The summed E-state index contributed by atoms with van der Waals surface area (Å²) in [6.07, 6.45) is 0. The van der Waals surface area contributed by atoms with E-state index in [1.165, 1.54) is 75.5 Å². The third-order valence-corrected chi connectivity index (χ3v) is 11.6. The summed E-state index contributed by atoms with van der Waals surface area (Å²) in [6.45, 7) is 0. The van der Waals surface area contributed by atoms with Gasteiger partial charge in [0.1, 0.15) is 0 Å². The molecule has 0 saturated carbocycles. The fourth-order valence-electron chi connectivity index (χ4n) is 7.85. The predicted molar refractivity (Wildman–Crippen MR) is 233 cm³/mol. The summed E-state index contributed by atoms with van der Waals surface area (Å²) in [5, 5.41) is 5.18. The number of fused-ring (bicyclic) bond motifs is 4. The first-order valence-electron chi connectivity index (χ1n) is 18.4. The first kappa shape index (κ1) is 32.0. The van der Waals surface area contributed by atoms with Crippen molar-refractivity contribution in [2.24, 2.45) is 0 Å². The quantitative estimate of drug-likeness (QED) is 0.160. The smallest absolute Gasteiger partial charge is 0.0467 e. The van der Waals surface area contributed by atoms with E-state index in [2.05, 4.69) is 217 Å². The van der Waals surface area contributed by atoms with Gasteiger partial charge in [0.25, 0.3) is 0 Å². The second-order valence-electron chi connectivity index (χ2n) is 13.7. The minimum atomic E-state index is 1.10. The van der Waals surface area contributed by atoms with Crippen LogP contribution in [-0.4, -0.2) is 0 Å². The molecule has 1 nitrogen and oxygen atoms in total. The van der Waals surface area contributed by atoms with Gasteiger partial charge in [0, 0.05) is 37.2 Å². The van der Waals surface area contributed by atoms with Gasteiger partial charge < -0.3 is 4.90 Å². The Bertz CT molecular complexity index is 2920. The van der Waals surface area contributed by atoms with Crippen molar-refractivity contribution < 1.29 is 0 Å². The van der Waals surface area contributed by atoms with Gasteiger partial charge in [-0.05, 0) is 110 Å². The van der Waals surface area contributed by atoms with Crippen LogP contribution >= 0.6 is 11.3 Å². The highest BCUT2D eigenvalue weighted by Crippen LogP contribution is 2.42. The molecule has 0 fully saturated rings. The lowest BCUT2D eigenvalue weighted by Gasteiger charge is -2.26. The Balaban J connectivity index is 1.04. The molecule has 0 amide bonds. The molecule has 2 heteroatoms. The van der Waals surface area contributed by atoms with E-state index in [1.807, 2.05) is 11.3 Å². The van der Waals surface area contributed by atoms with Crippen LogP contribution in [0.3, 0.4) is 0 Å². The minimum absolute atomic E-state index is 1.10. The normalized spacial score (nSPS) is 11.3. The molecule has 1 heterocycles. The highest BCUT2D eigenvalue weighted by atomic mass is 32.1. The van der Waals surface area contributed by atoms with Crippen molar-refractivity contribution in [2.75, 3.05) is 4.90 Å². The second kappa shape index (κ2) is 13.7. The molecular weight excluding hydrogens is 671 g/mol. The van der Waals surface area contributed by atoms with Gasteiger partial charge in [-0.15, -0.1) is 11.3 Å². The van der Waals surface area contributed by atoms with Crippen LogP contribution in [0.15, 0.2) is 212 Å². The van der Waals surface area contributed by atoms with Gasteiger partial charge in [0.2, 0.25) is 0 Å². The lowest BCUT2D eigenvalue weighted by Crippen LogP contribution is -2.10. The SMILES string of the molecule is c1ccc(-c2cccc(N(c3ccc(-c4cccc(-c5cccc6ccccc56)c4)cc3)c3ccc(-c4cccc5sc6ccccc6c45)cc3)c2)cc1. The third-order valence-electron chi connectivity index (χ3n) is 10.5. The van der Waals surface area contributed by atoms with E-state index in [0.29, 0.717) is 0 Å². The Morgan fingerprint density at radius 1 is 0.296 bits per heavy atom. The van der Waals surface area contributed by atoms with Gasteiger partial charge in [0.05, 0.1) is 0 Å². The van der Waals surface area contributed by atoms with E-state index in [1.54, 1.807) is 0 Å². The van der Waals surface area contributed by atoms with Gasteiger partial charge >= 0.3 is 0 Å². The maximum Gasteiger partial charge on any atom is 0.0467 e. The van der Waals surface area contributed by atoms with E-state index < -0.39 is 0 Å². The molecular formula is C52H35NS. The summed E-state index contributed by atoms with van der Waals surface area (Å²) >= 11 is 1.86. The van der Waals surface area contributed by atoms with Crippen molar-refractivity contribution in [1.29, 1.82) is 0 Å². The average Bonchev–Trinajstić information content (AvgIpc) is 3.64. The van der Waals surface area contributed by atoms with E-state index in [-0.39, 0.29) is 0 Å². The van der Waals surface area contributed by atoms with Gasteiger partial charge in [-0.1, -0.05) is 158 Å². The van der Waals surface area contributed by atoms with Crippen LogP contribution in [0, 0.1) is 0 Å². The first-order chi connectivity index (χ1) is 26.8. The maximum absolute atomic E-state index is 2.37. The second-order valence-corrected chi connectivity index (χ2v) is 14.8. The van der Waals surface area contributed by atoms with Crippen molar-refractivity contribution in [3.63, 3.8) is 0 Å². The number of hydrogen-bond acceptors (Lipinski definition) is 2. The number of benzene rings is 9. The largest absolute Gasteiger partial charge is 0.310 e. The molecule has 254 valence electrons. The summed E-state index contributed by atoms with van der Waals surface area (Å²) < 4.78 is 2.64. The van der Waals surface area contributed by atoms with Crippen LogP contribution in [0.1, 0.15) is 0 Å². The van der Waals surface area contributed by atoms with Crippen molar-refractivity contribution in [2.45, 2.75) is 0 Å². The van der Waals surface area contributed by atoms with Crippen LogP contribution in [0.2, 0.25) is 0 Å². The summed E-state index contributed by atoms with van der Waals surface area (Å²) in [7, 11) is 0. The molecule has 0 aliphatic heterocycles. The lowest BCUT2D eigenvalue weighted by molar-refractivity contribution is 1.28. The highest BCUT2D eigenvalue weighted by Gasteiger charge is 2.16. The fraction of sp³-hybridized carbons (Fsp3) is 0. The molecule has 10 aromatic rings. The van der Waals surface area contributed by atoms with Crippen LogP contribution < -0.4 is 4.90 Å². The van der Waals surface area contributed by atoms with Crippen LogP contribution in [0.25, 0.3) is 75.5 Å². The van der Waals surface area contributed by atoms with Crippen LogP contribution in [0.4, 0.5) is 17.1 Å². The lowest BCUT2D eigenvalue weighted by atomic mass is 9.95. The molecule has 10 rings (SSSR count). The zero-order chi connectivity index (χ0) is 35.8. The van der Waals surface area contributed by atoms with Gasteiger partial charge in [-0.25, -0.2) is 0 Å². The van der Waals surface area contributed by atoms with E-state index in [4.69, 9.17) is 0 Å². The molecule has 0 saturated heterocycles. The molecule has 0 aliphatic carbocycles. The Hall–Kier alpha value is -6.74. The van der Waals surface area contributed by atoms with Crippen molar-refractivity contribution in [1.82, 2.24) is 0 Å². The van der Waals surface area contributed by atoms with Crippen LogP contribution in [-0.2, 0) is 0 Å². The molecule has 1 aromatic heterocycles. The van der Waals surface area contributed by atoms with Crippen molar-refractivity contribution >= 4 is 59.3 Å². The van der Waals surface area contributed by atoms with E-state index in [0.717, 1.165) is 17.1 Å². The predicted octanol–water partition coefficient (Wildman–Crippen LogP) is 15.3. The zero-order valence-corrected chi connectivity index (χ0v) is 30.4. The topological polar surface area (TPSA) is 3.24 Å². The molecule has 0 atom stereocenters. The molecule has 9 aromatic carbocycles. The molecule has 54 heavy (non-hydrogen) atoms. The molecule has 0 spiro atoms. The zero-order valence-electron chi connectivity index (χ0n) is 29.6. The minimum Gasteiger partial charge on any atom is -0.310 e. The van der Waals surface area contributed by atoms with Gasteiger partial charge in [-0.2, -0.15) is 0 Å². The Kier molecular flexibility index (Phi) is 8.09. The number of rotatable bonds is 7. The van der Waals surface area contributed by atoms with E-state index in [9.17, 15) is 0 Å². The van der Waals surface area contributed by atoms with Gasteiger partial charge in [0.15, 0.2) is 0 Å². The van der Waals surface area contributed by atoms with Crippen molar-refractivity contribution in [3.05, 3.63) is 212 Å². The Morgan fingerprint density at radius 2 is 0.833 bits per heavy atom. The summed E-state index contributed by atoms with van der Waals surface area (Å²) in [4.78, 5) is 2.37. The van der Waals surface area contributed by atoms with Gasteiger partial charge in [-0.3, -0.25) is 0 Å². The van der Waals surface area contributed by atoms with Crippen LogP contribution in [0.5, 0.6) is 0 Å². The van der Waals surface area contributed by atoms with E-state index >= 15 is 0 Å². The number of thiophene rings is 1. The standard InChI is InChI=1S/C52H35NS/c1-2-12-36(13-3-1)41-17-9-19-45(35-41)53(44-32-28-39(29-33-44)48-23-11-25-51-52(48)49-21-6-7-24-50(49)54-51)43-30-26-37(27-31-43)40-16-8-18-42(34-40)47-22-10-15-38-14-4-5-20-46(38)47/h1-35H. The summed E-state index contributed by atoms with van der Waals surface area (Å²) in [5.74, 6) is 0. The maximum atomic E-state index is 2.37. The molecule has 0 N–H and O–H groups in total. The Morgan fingerprint density at radius 3 is 1.65 bits per heavy atom. The van der Waals surface area contributed by atoms with Crippen molar-refractivity contribution in [3.8, 4) is 44.5 Å². The molecule has 0 aliphatic rings. The summed E-state index contributed by atoms with van der Waals surface area (Å²) in [5.41, 5.74) is 13.1. The first-order valence-corrected chi connectivity index (χ1v) is 19.2. The monoisotopic (exact) mass is 705 g/mol. The molecule has 0 bridgehead atoms. The number of anilines is 3. The number of nitrogens with zero attached hydrogens (tertiary/aromatic N) is 1. The third kappa shape index (κ3) is 5.84. The molecule has 0 radical (unpaired) electrons.